The molecule has 1 fully saturated rings. The number of fused-ring (bicyclic) bond motifs is 1. The van der Waals surface area contributed by atoms with Crippen molar-refractivity contribution in [3.8, 4) is 0 Å². The van der Waals surface area contributed by atoms with Gasteiger partial charge in [0.05, 0.1) is 18.9 Å². The number of nitrogens with zero attached hydrogens (tertiary/aromatic N) is 3. The number of ether oxygens (including phenoxy) is 1. The molecule has 2 aliphatic rings. The Morgan fingerprint density at radius 3 is 2.90 bits per heavy atom. The van der Waals surface area contributed by atoms with Crippen LogP contribution in [-0.4, -0.2) is 47.0 Å². The van der Waals surface area contributed by atoms with Gasteiger partial charge in [-0.05, 0) is 31.7 Å². The van der Waals surface area contributed by atoms with Crippen molar-refractivity contribution in [2.45, 2.75) is 32.2 Å². The fraction of sp³-hybridized carbons (Fsp3) is 0.643. The minimum Gasteiger partial charge on any atom is -0.379 e. The summed E-state index contributed by atoms with van der Waals surface area (Å²) in [6, 6.07) is 1.000. The normalized spacial score (nSPS) is 20.0. The molecule has 0 aromatic carbocycles. The molecule has 2 heterocycles. The van der Waals surface area contributed by atoms with Crippen LogP contribution in [0.1, 0.15) is 30.6 Å². The van der Waals surface area contributed by atoms with Crippen LogP contribution >= 0.6 is 0 Å². The predicted molar refractivity (Wildman–Crippen MR) is 75.8 cm³/mol. The number of carbonyl (C=O) groups is 1. The number of hydrogen-bond acceptors (Lipinski definition) is 5. The summed E-state index contributed by atoms with van der Waals surface area (Å²) in [5.41, 5.74) is 4.59. The number of hydrazine groups is 1. The fourth-order valence-electron chi connectivity index (χ4n) is 2.73. The topological polar surface area (TPSA) is 76.5 Å². The number of rotatable bonds is 3. The molecule has 7 heteroatoms. The summed E-state index contributed by atoms with van der Waals surface area (Å²) < 4.78 is 6.53. The number of aromatic nitrogens is 2. The summed E-state index contributed by atoms with van der Waals surface area (Å²) in [6.07, 6.45) is 2.82. The SMILES string of the molecule is CC(C(=O)NN1CCOCC1)n1nc2c(cc1=O)CCC2. The third-order valence-electron chi connectivity index (χ3n) is 4.01. The van der Waals surface area contributed by atoms with Crippen molar-refractivity contribution in [3.05, 3.63) is 27.7 Å². The standard InChI is InChI=1S/C14H20N4O3/c1-10(14(20)16-17-5-7-21-8-6-17)18-13(19)9-11-3-2-4-12(11)15-18/h9-10H,2-8H2,1H3,(H,16,20). The quantitative estimate of drug-likeness (QED) is 0.824. The average Bonchev–Trinajstić information content (AvgIpc) is 2.93. The minimum absolute atomic E-state index is 0.208. The predicted octanol–water partition coefficient (Wildman–Crippen LogP) is -0.344. The smallest absolute Gasteiger partial charge is 0.267 e. The van der Waals surface area contributed by atoms with Gasteiger partial charge in [-0.15, -0.1) is 0 Å². The van der Waals surface area contributed by atoms with Gasteiger partial charge in [0.15, 0.2) is 0 Å². The van der Waals surface area contributed by atoms with E-state index in [1.165, 1.54) is 4.68 Å². The van der Waals surface area contributed by atoms with Gasteiger partial charge >= 0.3 is 0 Å². The number of morpholine rings is 1. The summed E-state index contributed by atoms with van der Waals surface area (Å²) in [5.74, 6) is -0.218. The third kappa shape index (κ3) is 2.98. The van der Waals surface area contributed by atoms with Gasteiger partial charge in [0.2, 0.25) is 0 Å². The Morgan fingerprint density at radius 2 is 2.14 bits per heavy atom. The number of amides is 1. The number of carbonyl (C=O) groups excluding carboxylic acids is 1. The molecule has 1 unspecified atom stereocenters. The molecular weight excluding hydrogens is 272 g/mol. The maximum absolute atomic E-state index is 12.3. The molecule has 1 aliphatic carbocycles. The van der Waals surface area contributed by atoms with E-state index in [2.05, 4.69) is 10.5 Å². The molecule has 1 atom stereocenters. The van der Waals surface area contributed by atoms with Crippen LogP contribution in [0.15, 0.2) is 10.9 Å². The monoisotopic (exact) mass is 292 g/mol. The van der Waals surface area contributed by atoms with Gasteiger partial charge in [0, 0.05) is 19.2 Å². The largest absolute Gasteiger partial charge is 0.379 e. The van der Waals surface area contributed by atoms with Crippen LogP contribution in [-0.2, 0) is 22.4 Å². The summed E-state index contributed by atoms with van der Waals surface area (Å²) in [7, 11) is 0. The molecule has 0 saturated carbocycles. The first-order valence-electron chi connectivity index (χ1n) is 7.40. The van der Waals surface area contributed by atoms with Crippen molar-refractivity contribution < 1.29 is 9.53 Å². The van der Waals surface area contributed by atoms with Gasteiger partial charge in [-0.1, -0.05) is 0 Å². The van der Waals surface area contributed by atoms with Gasteiger partial charge in [0.1, 0.15) is 6.04 Å². The molecule has 0 bridgehead atoms. The second-order valence-corrected chi connectivity index (χ2v) is 5.50. The lowest BCUT2D eigenvalue weighted by atomic mass is 10.2. The van der Waals surface area contributed by atoms with Crippen molar-refractivity contribution in [2.75, 3.05) is 26.3 Å². The fourth-order valence-corrected chi connectivity index (χ4v) is 2.73. The molecule has 0 radical (unpaired) electrons. The molecule has 1 saturated heterocycles. The maximum Gasteiger partial charge on any atom is 0.267 e. The Hall–Kier alpha value is -1.73. The first-order valence-corrected chi connectivity index (χ1v) is 7.40. The van der Waals surface area contributed by atoms with Crippen molar-refractivity contribution >= 4 is 5.91 Å². The van der Waals surface area contributed by atoms with E-state index in [0.29, 0.717) is 26.3 Å². The second-order valence-electron chi connectivity index (χ2n) is 5.50. The van der Waals surface area contributed by atoms with Crippen LogP contribution in [0.3, 0.4) is 0 Å². The highest BCUT2D eigenvalue weighted by molar-refractivity contribution is 5.79. The van der Waals surface area contributed by atoms with Gasteiger partial charge in [-0.2, -0.15) is 5.10 Å². The number of nitrogens with one attached hydrogen (secondary N) is 1. The van der Waals surface area contributed by atoms with E-state index in [9.17, 15) is 9.59 Å². The Labute approximate surface area is 122 Å². The molecule has 1 N–H and O–H groups in total. The minimum atomic E-state index is -0.619. The first kappa shape index (κ1) is 14.2. The highest BCUT2D eigenvalue weighted by Crippen LogP contribution is 2.18. The lowest BCUT2D eigenvalue weighted by Gasteiger charge is -2.28. The summed E-state index contributed by atoms with van der Waals surface area (Å²) in [4.78, 5) is 24.4. The maximum atomic E-state index is 12.3. The molecule has 7 nitrogen and oxygen atoms in total. The van der Waals surface area contributed by atoms with Gasteiger partial charge in [-0.25, -0.2) is 9.69 Å². The van der Waals surface area contributed by atoms with E-state index in [0.717, 1.165) is 30.5 Å². The summed E-state index contributed by atoms with van der Waals surface area (Å²) in [5, 5.41) is 6.19. The highest BCUT2D eigenvalue weighted by Gasteiger charge is 2.23. The van der Waals surface area contributed by atoms with Crippen LogP contribution in [0.25, 0.3) is 0 Å². The van der Waals surface area contributed by atoms with Gasteiger partial charge in [0.25, 0.3) is 11.5 Å². The Balaban J connectivity index is 1.73. The molecule has 21 heavy (non-hydrogen) atoms. The van der Waals surface area contributed by atoms with E-state index in [1.807, 2.05) is 5.01 Å². The van der Waals surface area contributed by atoms with E-state index >= 15 is 0 Å². The van der Waals surface area contributed by atoms with Crippen molar-refractivity contribution in [1.82, 2.24) is 20.2 Å². The Bertz CT molecular complexity index is 592. The highest BCUT2D eigenvalue weighted by atomic mass is 16.5. The average molecular weight is 292 g/mol. The molecule has 114 valence electrons. The summed E-state index contributed by atoms with van der Waals surface area (Å²) in [6.45, 7) is 4.22. The molecule has 3 rings (SSSR count). The van der Waals surface area contributed by atoms with Crippen LogP contribution < -0.4 is 11.0 Å². The van der Waals surface area contributed by atoms with Crippen molar-refractivity contribution in [1.29, 1.82) is 0 Å². The zero-order valence-corrected chi connectivity index (χ0v) is 12.2. The first-order chi connectivity index (χ1) is 10.1. The second kappa shape index (κ2) is 5.95. The van der Waals surface area contributed by atoms with E-state index < -0.39 is 6.04 Å². The van der Waals surface area contributed by atoms with E-state index in [4.69, 9.17) is 4.74 Å². The van der Waals surface area contributed by atoms with E-state index in [-0.39, 0.29) is 11.5 Å². The zero-order chi connectivity index (χ0) is 14.8. The molecule has 1 aromatic heterocycles. The van der Waals surface area contributed by atoms with E-state index in [1.54, 1.807) is 13.0 Å². The van der Waals surface area contributed by atoms with Crippen LogP contribution in [0, 0.1) is 0 Å². The third-order valence-corrected chi connectivity index (χ3v) is 4.01. The summed E-state index contributed by atoms with van der Waals surface area (Å²) >= 11 is 0. The lowest BCUT2D eigenvalue weighted by molar-refractivity contribution is -0.131. The Morgan fingerprint density at radius 1 is 1.38 bits per heavy atom. The Kier molecular flexibility index (Phi) is 4.03. The van der Waals surface area contributed by atoms with Crippen LogP contribution in [0.5, 0.6) is 0 Å². The molecular formula is C14H20N4O3. The molecule has 1 amide bonds. The number of aryl methyl sites for hydroxylation is 2. The number of hydrogen-bond donors (Lipinski definition) is 1. The lowest BCUT2D eigenvalue weighted by Crippen LogP contribution is -2.51. The molecule has 1 aromatic rings. The van der Waals surface area contributed by atoms with Crippen molar-refractivity contribution in [3.63, 3.8) is 0 Å². The van der Waals surface area contributed by atoms with Crippen molar-refractivity contribution in [2.24, 2.45) is 0 Å². The zero-order valence-electron chi connectivity index (χ0n) is 12.2. The molecule has 0 spiro atoms. The van der Waals surface area contributed by atoms with Gasteiger partial charge < -0.3 is 4.74 Å². The van der Waals surface area contributed by atoms with Crippen LogP contribution in [0.4, 0.5) is 0 Å². The molecule has 1 aliphatic heterocycles. The van der Waals surface area contributed by atoms with Crippen LogP contribution in [0.2, 0.25) is 0 Å². The van der Waals surface area contributed by atoms with Gasteiger partial charge in [-0.3, -0.25) is 15.0 Å².